The number of carbonyl (C=O) groups is 2. The molecule has 216 valence electrons. The van der Waals surface area contributed by atoms with Crippen LogP contribution in [0.4, 0.5) is 0 Å². The van der Waals surface area contributed by atoms with E-state index in [1.165, 1.54) is 38.5 Å². The van der Waals surface area contributed by atoms with Crippen LogP contribution in [0.25, 0.3) is 0 Å². The fourth-order valence-electron chi connectivity index (χ4n) is 4.60. The third-order valence-corrected chi connectivity index (χ3v) is 11.4. The number of rotatable bonds is 24. The zero-order valence-corrected chi connectivity index (χ0v) is 28.3. The average molecular weight is 628 g/mol. The Labute approximate surface area is 241 Å². The Hall–Kier alpha value is -0.521. The molecular formula is C32H60O4Sn. The van der Waals surface area contributed by atoms with Crippen LogP contribution in [0.3, 0.4) is 0 Å². The number of hydrogen-bond donors (Lipinski definition) is 0. The third-order valence-electron chi connectivity index (χ3n) is 7.34. The van der Waals surface area contributed by atoms with E-state index in [1.807, 2.05) is 13.8 Å². The molecule has 2 atom stereocenters. The van der Waals surface area contributed by atoms with Gasteiger partial charge in [-0.3, -0.25) is 0 Å². The van der Waals surface area contributed by atoms with Gasteiger partial charge in [0, 0.05) is 0 Å². The van der Waals surface area contributed by atoms with Crippen LogP contribution < -0.4 is 10.2 Å². The van der Waals surface area contributed by atoms with E-state index in [0.717, 1.165) is 51.4 Å². The van der Waals surface area contributed by atoms with Crippen molar-refractivity contribution >= 4 is 33.1 Å². The van der Waals surface area contributed by atoms with Gasteiger partial charge in [0.1, 0.15) is 0 Å². The van der Waals surface area contributed by atoms with E-state index in [9.17, 15) is 19.8 Å². The number of carbonyl (C=O) groups excluding carboxylic acids is 2. The van der Waals surface area contributed by atoms with Gasteiger partial charge in [-0.25, -0.2) is 0 Å². The Bertz CT molecular complexity index is 525. The Balaban J connectivity index is 0. The monoisotopic (exact) mass is 628 g/mol. The second-order valence-electron chi connectivity index (χ2n) is 10.6. The van der Waals surface area contributed by atoms with Crippen LogP contribution in [-0.4, -0.2) is 33.1 Å². The van der Waals surface area contributed by atoms with Gasteiger partial charge in [-0.05, 0) is 35.8 Å². The molecular weight excluding hydrogens is 567 g/mol. The minimum atomic E-state index is -1.35. The summed E-state index contributed by atoms with van der Waals surface area (Å²) >= 11 is 0.104. The number of carboxylic acid groups (broad SMARTS) is 2. The van der Waals surface area contributed by atoms with Gasteiger partial charge in [0.05, 0.1) is 11.9 Å². The number of aliphatic carboxylic acids is 2. The second-order valence-corrected chi connectivity index (χ2v) is 14.9. The molecule has 0 amide bonds. The summed E-state index contributed by atoms with van der Waals surface area (Å²) in [6.45, 7) is 12.8. The molecule has 0 saturated heterocycles. The number of carboxylic acids is 2. The van der Waals surface area contributed by atoms with Crippen molar-refractivity contribution < 1.29 is 19.8 Å². The summed E-state index contributed by atoms with van der Waals surface area (Å²) in [5, 5.41) is 23.2. The molecule has 0 N–H and O–H groups in total. The Morgan fingerprint density at radius 3 is 1.16 bits per heavy atom. The molecule has 4 nitrogen and oxygen atoms in total. The average Bonchev–Trinajstić information content (AvgIpc) is 2.88. The van der Waals surface area contributed by atoms with Crippen LogP contribution in [0, 0.1) is 11.8 Å². The zero-order valence-electron chi connectivity index (χ0n) is 25.4. The number of unbranched alkanes of at least 4 members (excludes halogenated alkanes) is 8. The molecule has 0 saturated carbocycles. The maximum atomic E-state index is 11.6. The van der Waals surface area contributed by atoms with Crippen LogP contribution in [0.5, 0.6) is 0 Å². The number of hydrogen-bond acceptors (Lipinski definition) is 4. The molecule has 5 heteroatoms. The van der Waals surface area contributed by atoms with Crippen molar-refractivity contribution in [3.8, 4) is 0 Å². The van der Waals surface area contributed by atoms with E-state index in [4.69, 9.17) is 0 Å². The van der Waals surface area contributed by atoms with Crippen LogP contribution in [0.2, 0.25) is 8.87 Å². The van der Waals surface area contributed by atoms with Crippen molar-refractivity contribution in [2.45, 2.75) is 166 Å². The Kier molecular flexibility index (Phi) is 29.7. The summed E-state index contributed by atoms with van der Waals surface area (Å²) in [6, 6.07) is 0. The Morgan fingerprint density at radius 1 is 0.541 bits per heavy atom. The molecule has 0 aromatic heterocycles. The van der Waals surface area contributed by atoms with E-state index < -0.39 is 11.9 Å². The SMILES string of the molecule is CCCCC(CC)C/C(C(=O)[O-])=C(\CC(CC)CCCC)C(=O)[O-].CCCCC[CH2][Sn+2][CH2]CCCCC. The van der Waals surface area contributed by atoms with E-state index in [-0.39, 0.29) is 57.0 Å². The molecule has 0 heterocycles. The molecule has 0 radical (unpaired) electrons. The van der Waals surface area contributed by atoms with Gasteiger partial charge in [-0.1, -0.05) is 79.1 Å². The molecule has 37 heavy (non-hydrogen) atoms. The summed E-state index contributed by atoms with van der Waals surface area (Å²) in [5.74, 6) is -2.34. The predicted molar refractivity (Wildman–Crippen MR) is 157 cm³/mol. The molecule has 0 aromatic carbocycles. The molecule has 0 aliphatic heterocycles. The van der Waals surface area contributed by atoms with E-state index >= 15 is 0 Å². The summed E-state index contributed by atoms with van der Waals surface area (Å²) < 4.78 is 3.30. The molecule has 0 aliphatic rings. The normalized spacial score (nSPS) is 13.1. The quantitative estimate of drug-likeness (QED) is 0.0625. The summed E-state index contributed by atoms with van der Waals surface area (Å²) in [5.41, 5.74) is -0.0965. The van der Waals surface area contributed by atoms with Gasteiger partial charge in [-0.2, -0.15) is 0 Å². The zero-order chi connectivity index (χ0) is 28.3. The van der Waals surface area contributed by atoms with Gasteiger partial charge in [0.15, 0.2) is 0 Å². The maximum absolute atomic E-state index is 11.6. The molecule has 0 aromatic rings. The first kappa shape index (κ1) is 38.6. The minimum absolute atomic E-state index is 0.0482. The van der Waals surface area contributed by atoms with Crippen molar-refractivity contribution in [1.29, 1.82) is 0 Å². The molecule has 0 fully saturated rings. The van der Waals surface area contributed by atoms with Gasteiger partial charge in [-0.15, -0.1) is 0 Å². The van der Waals surface area contributed by atoms with Gasteiger partial charge in [0.25, 0.3) is 0 Å². The second kappa shape index (κ2) is 28.5. The fourth-order valence-corrected chi connectivity index (χ4v) is 8.17. The van der Waals surface area contributed by atoms with Gasteiger partial charge in [0.2, 0.25) is 0 Å². The van der Waals surface area contributed by atoms with Gasteiger partial charge >= 0.3 is 95.2 Å². The van der Waals surface area contributed by atoms with E-state index in [1.54, 1.807) is 21.7 Å². The molecule has 2 unspecified atom stereocenters. The first-order valence-electron chi connectivity index (χ1n) is 15.7. The van der Waals surface area contributed by atoms with Crippen LogP contribution in [0.1, 0.15) is 157 Å². The van der Waals surface area contributed by atoms with E-state index in [2.05, 4.69) is 27.7 Å². The van der Waals surface area contributed by atoms with Crippen molar-refractivity contribution in [2.24, 2.45) is 11.8 Å². The van der Waals surface area contributed by atoms with Gasteiger partial charge < -0.3 is 19.8 Å². The summed E-state index contributed by atoms with van der Waals surface area (Å²) in [7, 11) is 0. The first-order valence-corrected chi connectivity index (χ1v) is 19.7. The van der Waals surface area contributed by atoms with Crippen molar-refractivity contribution in [2.75, 3.05) is 0 Å². The molecule has 0 bridgehead atoms. The van der Waals surface area contributed by atoms with Crippen LogP contribution >= 0.6 is 0 Å². The van der Waals surface area contributed by atoms with Crippen molar-refractivity contribution in [1.82, 2.24) is 0 Å². The molecule has 0 rings (SSSR count). The predicted octanol–water partition coefficient (Wildman–Crippen LogP) is 7.68. The van der Waals surface area contributed by atoms with Crippen LogP contribution in [-0.2, 0) is 9.59 Å². The van der Waals surface area contributed by atoms with Crippen molar-refractivity contribution in [3.63, 3.8) is 0 Å². The topological polar surface area (TPSA) is 80.3 Å². The summed E-state index contributed by atoms with van der Waals surface area (Å²) in [4.78, 5) is 23.2. The third kappa shape index (κ3) is 23.1. The Morgan fingerprint density at radius 2 is 0.892 bits per heavy atom. The fraction of sp³-hybridized carbons (Fsp3) is 0.875. The first-order chi connectivity index (χ1) is 17.8. The van der Waals surface area contributed by atoms with Crippen LogP contribution in [0.15, 0.2) is 11.1 Å². The van der Waals surface area contributed by atoms with E-state index in [0.29, 0.717) is 0 Å². The molecule has 0 aliphatic carbocycles. The van der Waals surface area contributed by atoms with Crippen molar-refractivity contribution in [3.05, 3.63) is 11.1 Å². The molecule has 0 spiro atoms. The summed E-state index contributed by atoms with van der Waals surface area (Å²) in [6.07, 6.45) is 20.0. The standard InChI is InChI=1S/C20H36O4.2C6H13.Sn/c1-5-9-11-15(7-3)13-17(19(21)22)18(20(23)24)14-16(8-4)12-10-6-2;2*1-3-5-6-4-2;/h15-16H,5-14H2,1-4H3,(H,21,22)(H,23,24);2*1,3-6H2,2H3;/q;;;+2/p-2/b18-17-;;;.